The topological polar surface area (TPSA) is 17.1 Å². The third-order valence-corrected chi connectivity index (χ3v) is 2.61. The smallest absolute Gasteiger partial charge is 0.155 e. The molecule has 1 aromatic carbocycles. The Balaban J connectivity index is 2.60. The minimum Gasteiger partial charge on any atom is -0.295 e. The van der Waals surface area contributed by atoms with Crippen LogP contribution in [0.15, 0.2) is 35.9 Å². The maximum atomic E-state index is 13.4. The second-order valence-corrected chi connectivity index (χ2v) is 4.33. The Labute approximate surface area is 102 Å². The Morgan fingerprint density at radius 1 is 1.35 bits per heavy atom. The zero-order valence-corrected chi connectivity index (χ0v) is 10.5. The van der Waals surface area contributed by atoms with Crippen LogP contribution in [0.3, 0.4) is 0 Å². The van der Waals surface area contributed by atoms with E-state index in [9.17, 15) is 9.18 Å². The van der Waals surface area contributed by atoms with Crippen LogP contribution >= 0.6 is 0 Å². The van der Waals surface area contributed by atoms with Gasteiger partial charge in [-0.3, -0.25) is 4.79 Å². The lowest BCUT2D eigenvalue weighted by atomic mass is 10.0. The molecule has 0 fully saturated rings. The number of rotatable bonds is 6. The molecule has 0 unspecified atom stereocenters. The summed E-state index contributed by atoms with van der Waals surface area (Å²) in [5, 5.41) is 0. The van der Waals surface area contributed by atoms with Crippen molar-refractivity contribution in [1.29, 1.82) is 0 Å². The summed E-state index contributed by atoms with van der Waals surface area (Å²) >= 11 is 0. The molecule has 1 rings (SSSR count). The number of hydrogen-bond donors (Lipinski definition) is 0. The first-order valence-electron chi connectivity index (χ1n) is 6.07. The van der Waals surface area contributed by atoms with Crippen molar-refractivity contribution in [3.05, 3.63) is 47.3 Å². The molecule has 17 heavy (non-hydrogen) atoms. The van der Waals surface area contributed by atoms with E-state index in [0.717, 1.165) is 18.4 Å². The lowest BCUT2D eigenvalue weighted by Crippen LogP contribution is -1.97. The van der Waals surface area contributed by atoms with E-state index in [1.807, 2.05) is 13.0 Å². The summed E-state index contributed by atoms with van der Waals surface area (Å²) in [5.41, 5.74) is 1.56. The zero-order valence-electron chi connectivity index (χ0n) is 10.5. The predicted octanol–water partition coefficient (Wildman–Crippen LogP) is 4.07. The van der Waals surface area contributed by atoms with E-state index in [1.54, 1.807) is 18.2 Å². The standard InChI is InChI=1S/C15H19FO/c1-3-4-8-14(17)11-12(2)10-13-7-5-6-9-15(13)16/h5-7,9,11H,3-4,8,10H2,1-2H3/b12-11-. The van der Waals surface area contributed by atoms with Crippen LogP contribution < -0.4 is 0 Å². The van der Waals surface area contributed by atoms with Gasteiger partial charge in [0.2, 0.25) is 0 Å². The molecular weight excluding hydrogens is 215 g/mol. The van der Waals surface area contributed by atoms with Gasteiger partial charge in [0.05, 0.1) is 0 Å². The Morgan fingerprint density at radius 2 is 2.06 bits per heavy atom. The fraction of sp³-hybridized carbons (Fsp3) is 0.400. The molecule has 0 aliphatic carbocycles. The van der Waals surface area contributed by atoms with Crippen LogP contribution in [-0.2, 0) is 11.2 Å². The van der Waals surface area contributed by atoms with E-state index in [2.05, 4.69) is 6.92 Å². The first-order chi connectivity index (χ1) is 8.13. The van der Waals surface area contributed by atoms with Gasteiger partial charge in [-0.05, 0) is 37.5 Å². The summed E-state index contributed by atoms with van der Waals surface area (Å²) in [6.45, 7) is 3.93. The molecule has 0 saturated carbocycles. The molecule has 0 aromatic heterocycles. The highest BCUT2D eigenvalue weighted by molar-refractivity contribution is 5.90. The molecule has 0 amide bonds. The number of ketones is 1. The molecule has 2 heteroatoms. The van der Waals surface area contributed by atoms with Crippen molar-refractivity contribution in [2.75, 3.05) is 0 Å². The molecule has 0 N–H and O–H groups in total. The number of carbonyl (C=O) groups excluding carboxylic acids is 1. The van der Waals surface area contributed by atoms with E-state index in [0.29, 0.717) is 18.4 Å². The van der Waals surface area contributed by atoms with Gasteiger partial charge in [0.1, 0.15) is 5.82 Å². The number of unbranched alkanes of at least 4 members (excludes halogenated alkanes) is 1. The van der Waals surface area contributed by atoms with Crippen molar-refractivity contribution in [2.24, 2.45) is 0 Å². The molecule has 1 aromatic rings. The number of benzene rings is 1. The highest BCUT2D eigenvalue weighted by atomic mass is 19.1. The summed E-state index contributed by atoms with van der Waals surface area (Å²) in [6.07, 6.45) is 4.67. The molecule has 0 saturated heterocycles. The molecule has 0 radical (unpaired) electrons. The average molecular weight is 234 g/mol. The highest BCUT2D eigenvalue weighted by Crippen LogP contribution is 2.12. The van der Waals surface area contributed by atoms with Gasteiger partial charge in [0, 0.05) is 6.42 Å². The summed E-state index contributed by atoms with van der Waals surface area (Å²) in [6, 6.07) is 6.68. The molecule has 0 atom stereocenters. The molecule has 0 heterocycles. The van der Waals surface area contributed by atoms with Crippen LogP contribution in [0.2, 0.25) is 0 Å². The van der Waals surface area contributed by atoms with Gasteiger partial charge in [-0.1, -0.05) is 37.1 Å². The molecule has 1 nitrogen and oxygen atoms in total. The maximum Gasteiger partial charge on any atom is 0.155 e. The largest absolute Gasteiger partial charge is 0.295 e. The number of halogens is 1. The van der Waals surface area contributed by atoms with Gasteiger partial charge in [-0.2, -0.15) is 0 Å². The fourth-order valence-electron chi connectivity index (χ4n) is 1.69. The third-order valence-electron chi connectivity index (χ3n) is 2.61. The van der Waals surface area contributed by atoms with Gasteiger partial charge in [-0.25, -0.2) is 4.39 Å². The third kappa shape index (κ3) is 4.94. The van der Waals surface area contributed by atoms with E-state index in [1.165, 1.54) is 6.07 Å². The lowest BCUT2D eigenvalue weighted by molar-refractivity contribution is -0.114. The molecule has 0 bridgehead atoms. The van der Waals surface area contributed by atoms with Crippen molar-refractivity contribution in [2.45, 2.75) is 39.5 Å². The first kappa shape index (κ1) is 13.6. The van der Waals surface area contributed by atoms with Gasteiger partial charge in [-0.15, -0.1) is 0 Å². The second kappa shape index (κ2) is 7.00. The zero-order chi connectivity index (χ0) is 12.7. The first-order valence-corrected chi connectivity index (χ1v) is 6.07. The van der Waals surface area contributed by atoms with E-state index >= 15 is 0 Å². The van der Waals surface area contributed by atoms with E-state index in [-0.39, 0.29) is 11.6 Å². The Bertz CT molecular complexity index is 407. The van der Waals surface area contributed by atoms with Crippen LogP contribution in [0.1, 0.15) is 38.7 Å². The number of carbonyl (C=O) groups is 1. The monoisotopic (exact) mass is 234 g/mol. The molecule has 92 valence electrons. The van der Waals surface area contributed by atoms with Crippen molar-refractivity contribution >= 4 is 5.78 Å². The molecule has 0 aliphatic heterocycles. The maximum absolute atomic E-state index is 13.4. The van der Waals surface area contributed by atoms with Gasteiger partial charge >= 0.3 is 0 Å². The van der Waals surface area contributed by atoms with Gasteiger partial charge in [0.15, 0.2) is 5.78 Å². The minimum absolute atomic E-state index is 0.140. The molecule has 0 aliphatic rings. The number of allylic oxidation sites excluding steroid dienone is 2. The lowest BCUT2D eigenvalue weighted by Gasteiger charge is -2.03. The van der Waals surface area contributed by atoms with Crippen LogP contribution in [0, 0.1) is 5.82 Å². The van der Waals surface area contributed by atoms with Crippen molar-refractivity contribution in [1.82, 2.24) is 0 Å². The van der Waals surface area contributed by atoms with Crippen molar-refractivity contribution in [3.63, 3.8) is 0 Å². The molecular formula is C15H19FO. The van der Waals surface area contributed by atoms with E-state index in [4.69, 9.17) is 0 Å². The average Bonchev–Trinajstić information content (AvgIpc) is 2.29. The van der Waals surface area contributed by atoms with Gasteiger partial charge < -0.3 is 0 Å². The van der Waals surface area contributed by atoms with Crippen LogP contribution in [0.4, 0.5) is 4.39 Å². The van der Waals surface area contributed by atoms with Crippen molar-refractivity contribution < 1.29 is 9.18 Å². The van der Waals surface area contributed by atoms with Crippen LogP contribution in [0.5, 0.6) is 0 Å². The van der Waals surface area contributed by atoms with Crippen molar-refractivity contribution in [3.8, 4) is 0 Å². The minimum atomic E-state index is -0.207. The quantitative estimate of drug-likeness (QED) is 0.678. The number of hydrogen-bond acceptors (Lipinski definition) is 1. The van der Waals surface area contributed by atoms with Gasteiger partial charge in [0.25, 0.3) is 0 Å². The second-order valence-electron chi connectivity index (χ2n) is 4.33. The predicted molar refractivity (Wildman–Crippen MR) is 68.4 cm³/mol. The summed E-state index contributed by atoms with van der Waals surface area (Å²) < 4.78 is 13.4. The summed E-state index contributed by atoms with van der Waals surface area (Å²) in [7, 11) is 0. The Morgan fingerprint density at radius 3 is 2.71 bits per heavy atom. The van der Waals surface area contributed by atoms with Crippen LogP contribution in [0.25, 0.3) is 0 Å². The van der Waals surface area contributed by atoms with E-state index < -0.39 is 0 Å². The SMILES string of the molecule is CCCCC(=O)/C=C(/C)Cc1ccccc1F. The summed E-state index contributed by atoms with van der Waals surface area (Å²) in [5.74, 6) is -0.0676. The Kier molecular flexibility index (Phi) is 5.61. The van der Waals surface area contributed by atoms with Crippen LogP contribution in [-0.4, -0.2) is 5.78 Å². The molecule has 0 spiro atoms. The Hall–Kier alpha value is -1.44. The highest BCUT2D eigenvalue weighted by Gasteiger charge is 2.03. The fourth-order valence-corrected chi connectivity index (χ4v) is 1.69. The summed E-state index contributed by atoms with van der Waals surface area (Å²) in [4.78, 5) is 11.5. The normalized spacial score (nSPS) is 11.6.